The molecule has 0 aliphatic carbocycles. The van der Waals surface area contributed by atoms with Gasteiger partial charge in [0.15, 0.2) is 6.29 Å². The Morgan fingerprint density at radius 3 is 1.39 bits per heavy atom. The van der Waals surface area contributed by atoms with E-state index in [-0.39, 0.29) is 6.42 Å². The van der Waals surface area contributed by atoms with Crippen molar-refractivity contribution >= 4 is 16.3 Å². The highest BCUT2D eigenvalue weighted by molar-refractivity contribution is 7.80. The second kappa shape index (κ2) is 43.3. The van der Waals surface area contributed by atoms with E-state index in [1.54, 1.807) is 6.08 Å². The van der Waals surface area contributed by atoms with Gasteiger partial charge < -0.3 is 40.3 Å². The fraction of sp³-hybridized carbons (Fsp3) is 0.906. The third kappa shape index (κ3) is 35.3. The third-order valence-corrected chi connectivity index (χ3v) is 13.5. The molecule has 1 aliphatic rings. The summed E-state index contributed by atoms with van der Waals surface area (Å²) >= 11 is 0. The Kier molecular flexibility index (Phi) is 41.1. The summed E-state index contributed by atoms with van der Waals surface area (Å²) in [5.41, 5.74) is 0. The predicted molar refractivity (Wildman–Crippen MR) is 270 cm³/mol. The first-order valence-corrected chi connectivity index (χ1v) is 28.7. The molecule has 1 aliphatic heterocycles. The standard InChI is InChI=1S/C53H101NO12S/c1-3-5-7-9-11-13-15-17-19-21-22-23-24-25-26-28-30-32-34-36-38-40-42-47(57)52(60)54-45(44-64-53-50(59)51(66-67(61,62)63)49(58)48(43-55)65-53)46(56)41-39-37-35-33-31-29-27-20-18-16-14-12-10-8-6-4-2/h25-26,39,41,45-51,53,55-59H,3-24,27-38,40,42-44H2,1-2H3,(H,54,60)(H,61,62,63)/b26-25-,41-39+. The zero-order valence-electron chi connectivity index (χ0n) is 42.3. The highest BCUT2D eigenvalue weighted by Crippen LogP contribution is 2.26. The Hall–Kier alpha value is -1.46. The molecule has 1 amide bonds. The van der Waals surface area contributed by atoms with Crippen LogP contribution >= 0.6 is 0 Å². The van der Waals surface area contributed by atoms with Crippen LogP contribution in [0.1, 0.15) is 245 Å². The molecule has 1 heterocycles. The van der Waals surface area contributed by atoms with E-state index >= 15 is 0 Å². The van der Waals surface area contributed by atoms with Crippen molar-refractivity contribution in [3.05, 3.63) is 24.3 Å². The fourth-order valence-corrected chi connectivity index (χ4v) is 9.26. The Bertz CT molecular complexity index is 1300. The van der Waals surface area contributed by atoms with Crippen LogP contribution in [0, 0.1) is 0 Å². The van der Waals surface area contributed by atoms with E-state index in [9.17, 15) is 43.3 Å². The molecular weight excluding hydrogens is 875 g/mol. The molecule has 13 nitrogen and oxygen atoms in total. The van der Waals surface area contributed by atoms with Gasteiger partial charge in [0.1, 0.15) is 30.5 Å². The first-order chi connectivity index (χ1) is 32.4. The van der Waals surface area contributed by atoms with Crippen LogP contribution in [-0.2, 0) is 28.9 Å². The number of ether oxygens (including phenoxy) is 2. The summed E-state index contributed by atoms with van der Waals surface area (Å²) in [4.78, 5) is 13.2. The summed E-state index contributed by atoms with van der Waals surface area (Å²) < 4.78 is 47.7. The topological polar surface area (TPSA) is 212 Å². The van der Waals surface area contributed by atoms with Gasteiger partial charge in [0, 0.05) is 0 Å². The van der Waals surface area contributed by atoms with Gasteiger partial charge in [0.2, 0.25) is 5.91 Å². The van der Waals surface area contributed by atoms with Crippen molar-refractivity contribution in [3.63, 3.8) is 0 Å². The number of unbranched alkanes of at least 4 members (excludes halogenated alkanes) is 32. The van der Waals surface area contributed by atoms with Crippen LogP contribution in [0.15, 0.2) is 24.3 Å². The van der Waals surface area contributed by atoms with Crippen LogP contribution in [0.3, 0.4) is 0 Å². The van der Waals surface area contributed by atoms with Gasteiger partial charge >= 0.3 is 10.4 Å². The fourth-order valence-electron chi connectivity index (χ4n) is 8.75. The van der Waals surface area contributed by atoms with Crippen molar-refractivity contribution in [3.8, 4) is 0 Å². The van der Waals surface area contributed by atoms with E-state index in [1.807, 2.05) is 6.08 Å². The summed E-state index contributed by atoms with van der Waals surface area (Å²) in [5.74, 6) is -0.704. The van der Waals surface area contributed by atoms with Crippen molar-refractivity contribution in [2.24, 2.45) is 0 Å². The van der Waals surface area contributed by atoms with Crippen LogP contribution in [0.25, 0.3) is 0 Å². The van der Waals surface area contributed by atoms with Crippen molar-refractivity contribution in [1.29, 1.82) is 0 Å². The largest absolute Gasteiger partial charge is 0.397 e. The Balaban J connectivity index is 2.46. The molecular formula is C53H101NO12S. The van der Waals surface area contributed by atoms with Gasteiger partial charge in [-0.05, 0) is 44.9 Å². The second-order valence-electron chi connectivity index (χ2n) is 19.3. The lowest BCUT2D eigenvalue weighted by Crippen LogP contribution is -2.61. The third-order valence-electron chi connectivity index (χ3n) is 13.1. The number of amides is 1. The van der Waals surface area contributed by atoms with Gasteiger partial charge in [0.05, 0.1) is 25.4 Å². The highest BCUT2D eigenvalue weighted by Gasteiger charge is 2.48. The predicted octanol–water partition coefficient (Wildman–Crippen LogP) is 11.0. The molecule has 0 bridgehead atoms. The lowest BCUT2D eigenvalue weighted by atomic mass is 9.99. The Labute approximate surface area is 408 Å². The quantitative estimate of drug-likeness (QED) is 0.0172. The summed E-state index contributed by atoms with van der Waals surface area (Å²) in [7, 11) is -5.12. The van der Waals surface area contributed by atoms with E-state index in [1.165, 1.54) is 154 Å². The zero-order valence-corrected chi connectivity index (χ0v) is 43.2. The number of hydrogen-bond donors (Lipinski definition) is 7. The Morgan fingerprint density at radius 1 is 0.597 bits per heavy atom. The highest BCUT2D eigenvalue weighted by atomic mass is 32.3. The van der Waals surface area contributed by atoms with Crippen LogP contribution in [0.5, 0.6) is 0 Å². The van der Waals surface area contributed by atoms with Crippen LogP contribution in [0.4, 0.5) is 0 Å². The molecule has 8 atom stereocenters. The SMILES string of the molecule is CCCCCCCCCCCCCC/C=C\CCCCCCCCC(O)C(=O)NC(COC1OC(CO)C(O)C(OS(=O)(=O)O)C1O)C(O)/C=C/CCCCCCCCCCCCCCCC. The van der Waals surface area contributed by atoms with Crippen LogP contribution in [0.2, 0.25) is 0 Å². The van der Waals surface area contributed by atoms with E-state index < -0.39 is 78.5 Å². The van der Waals surface area contributed by atoms with Gasteiger partial charge in [-0.3, -0.25) is 9.35 Å². The molecule has 14 heteroatoms. The van der Waals surface area contributed by atoms with Gasteiger partial charge in [-0.25, -0.2) is 4.18 Å². The number of carbonyl (C=O) groups excluding carboxylic acids is 1. The maximum absolute atomic E-state index is 13.2. The van der Waals surface area contributed by atoms with E-state index in [4.69, 9.17) is 9.47 Å². The number of allylic oxidation sites excluding steroid dienone is 3. The smallest absolute Gasteiger partial charge is 0.394 e. The van der Waals surface area contributed by atoms with Crippen molar-refractivity contribution in [2.45, 2.75) is 294 Å². The van der Waals surface area contributed by atoms with Gasteiger partial charge in [-0.1, -0.05) is 224 Å². The van der Waals surface area contributed by atoms with Gasteiger partial charge in [-0.2, -0.15) is 8.42 Å². The molecule has 1 fully saturated rings. The normalized spacial score (nSPS) is 20.5. The average molecular weight is 976 g/mol. The maximum atomic E-state index is 13.2. The van der Waals surface area contributed by atoms with Gasteiger partial charge in [0.25, 0.3) is 0 Å². The molecule has 1 saturated heterocycles. The molecule has 0 aromatic rings. The number of rotatable bonds is 47. The monoisotopic (exact) mass is 976 g/mol. The molecule has 0 saturated carbocycles. The van der Waals surface area contributed by atoms with Crippen molar-refractivity contribution in [2.75, 3.05) is 13.2 Å². The van der Waals surface area contributed by atoms with Gasteiger partial charge in [-0.15, -0.1) is 0 Å². The molecule has 0 aromatic heterocycles. The van der Waals surface area contributed by atoms with Crippen molar-refractivity contribution in [1.82, 2.24) is 5.32 Å². The number of aliphatic hydroxyl groups excluding tert-OH is 5. The summed E-state index contributed by atoms with van der Waals surface area (Å²) in [6.07, 6.45) is 39.7. The summed E-state index contributed by atoms with van der Waals surface area (Å²) in [5, 5.41) is 55.4. The van der Waals surface area contributed by atoms with Crippen LogP contribution < -0.4 is 5.32 Å². The molecule has 1 rings (SSSR count). The number of nitrogens with one attached hydrogen (secondary N) is 1. The zero-order chi connectivity index (χ0) is 49.2. The summed E-state index contributed by atoms with van der Waals surface area (Å²) in [6, 6.07) is -1.12. The molecule has 396 valence electrons. The molecule has 0 aromatic carbocycles. The van der Waals surface area contributed by atoms with E-state index in [0.717, 1.165) is 57.8 Å². The first kappa shape index (κ1) is 63.6. The van der Waals surface area contributed by atoms with E-state index in [2.05, 4.69) is 35.5 Å². The minimum absolute atomic E-state index is 0.238. The molecule has 0 radical (unpaired) electrons. The van der Waals surface area contributed by atoms with Crippen LogP contribution in [-0.4, -0.2) is 107 Å². The first-order valence-electron chi connectivity index (χ1n) is 27.3. The lowest BCUT2D eigenvalue weighted by Gasteiger charge is -2.41. The maximum Gasteiger partial charge on any atom is 0.397 e. The lowest BCUT2D eigenvalue weighted by molar-refractivity contribution is -0.298. The summed E-state index contributed by atoms with van der Waals surface area (Å²) in [6.45, 7) is 3.25. The molecule has 7 N–H and O–H groups in total. The minimum atomic E-state index is -5.12. The number of hydrogen-bond acceptors (Lipinski definition) is 11. The van der Waals surface area contributed by atoms with Crippen molar-refractivity contribution < 1.29 is 57.0 Å². The molecule has 67 heavy (non-hydrogen) atoms. The Morgan fingerprint density at radius 2 is 0.985 bits per heavy atom. The second-order valence-corrected chi connectivity index (χ2v) is 20.4. The van der Waals surface area contributed by atoms with E-state index in [0.29, 0.717) is 12.8 Å². The number of aliphatic hydroxyl groups is 5. The number of carbonyl (C=O) groups is 1. The average Bonchev–Trinajstić information content (AvgIpc) is 3.30. The molecule has 0 spiro atoms. The molecule has 8 unspecified atom stereocenters. The minimum Gasteiger partial charge on any atom is -0.394 e.